The molecule has 0 bridgehead atoms. The first kappa shape index (κ1) is 18.9. The molecule has 1 saturated heterocycles. The molecule has 1 aliphatic heterocycles. The predicted octanol–water partition coefficient (Wildman–Crippen LogP) is 1.96. The molecule has 2 N–H and O–H groups in total. The molecular formula is C15H22ClN3O2S. The number of sulfonamides is 1. The van der Waals surface area contributed by atoms with Crippen LogP contribution in [0.3, 0.4) is 0 Å². The Morgan fingerprint density at radius 3 is 2.73 bits per heavy atom. The van der Waals surface area contributed by atoms with Crippen LogP contribution in [0.15, 0.2) is 23.1 Å². The Morgan fingerprint density at radius 2 is 2.18 bits per heavy atom. The molecule has 1 fully saturated rings. The second-order valence-electron chi connectivity index (χ2n) is 6.01. The molecule has 0 radical (unpaired) electrons. The van der Waals surface area contributed by atoms with E-state index in [0.717, 1.165) is 25.9 Å². The number of rotatable bonds is 4. The maximum atomic E-state index is 12.4. The van der Waals surface area contributed by atoms with Crippen LogP contribution >= 0.6 is 12.4 Å². The minimum atomic E-state index is -3.54. The number of hydrogen-bond acceptors (Lipinski definition) is 4. The van der Waals surface area contributed by atoms with Crippen LogP contribution in [0.1, 0.15) is 30.9 Å². The highest BCUT2D eigenvalue weighted by Gasteiger charge is 2.29. The predicted molar refractivity (Wildman–Crippen MR) is 88.5 cm³/mol. The molecule has 5 nitrogen and oxygen atoms in total. The molecular weight excluding hydrogens is 322 g/mol. The summed E-state index contributed by atoms with van der Waals surface area (Å²) in [5.74, 6) is 0. The van der Waals surface area contributed by atoms with Gasteiger partial charge in [-0.05, 0) is 55.5 Å². The van der Waals surface area contributed by atoms with Crippen LogP contribution in [-0.4, -0.2) is 28.1 Å². The molecule has 122 valence electrons. The van der Waals surface area contributed by atoms with Crippen molar-refractivity contribution in [2.75, 3.05) is 19.6 Å². The molecule has 0 aromatic heterocycles. The zero-order chi connectivity index (χ0) is 15.5. The Morgan fingerprint density at radius 1 is 1.45 bits per heavy atom. The Labute approximate surface area is 138 Å². The summed E-state index contributed by atoms with van der Waals surface area (Å²) in [6.07, 6.45) is 2.07. The van der Waals surface area contributed by atoms with Gasteiger partial charge in [-0.15, -0.1) is 12.4 Å². The molecule has 0 spiro atoms. The highest BCUT2D eigenvalue weighted by molar-refractivity contribution is 7.89. The molecule has 1 heterocycles. The fourth-order valence-electron chi connectivity index (χ4n) is 2.64. The number of aryl methyl sites for hydroxylation is 1. The monoisotopic (exact) mass is 343 g/mol. The highest BCUT2D eigenvalue weighted by Crippen LogP contribution is 2.25. The van der Waals surface area contributed by atoms with Gasteiger partial charge in [0.1, 0.15) is 0 Å². The standard InChI is InChI=1S/C15H21N3O2S.ClH/c1-12-8-13(9-16)4-5-14(12)21(19,20)18-11-15(2)6-3-7-17-10-15;/h4-5,8,17-18H,3,6-7,10-11H2,1-2H3;1H. The molecule has 1 unspecified atom stereocenters. The van der Waals surface area contributed by atoms with E-state index in [1.165, 1.54) is 12.1 Å². The number of benzene rings is 1. The summed E-state index contributed by atoms with van der Waals surface area (Å²) in [6, 6.07) is 6.64. The number of piperidine rings is 1. The van der Waals surface area contributed by atoms with E-state index >= 15 is 0 Å². The summed E-state index contributed by atoms with van der Waals surface area (Å²) in [7, 11) is -3.54. The van der Waals surface area contributed by atoms with Gasteiger partial charge in [-0.1, -0.05) is 6.92 Å². The molecule has 0 amide bonds. The van der Waals surface area contributed by atoms with E-state index in [1.54, 1.807) is 13.0 Å². The van der Waals surface area contributed by atoms with E-state index in [9.17, 15) is 8.42 Å². The van der Waals surface area contributed by atoms with Gasteiger partial charge in [-0.2, -0.15) is 5.26 Å². The van der Waals surface area contributed by atoms with Crippen molar-refractivity contribution in [3.05, 3.63) is 29.3 Å². The summed E-state index contributed by atoms with van der Waals surface area (Å²) in [6.45, 7) is 6.04. The van der Waals surface area contributed by atoms with Crippen molar-refractivity contribution in [2.45, 2.75) is 31.6 Å². The zero-order valence-corrected chi connectivity index (χ0v) is 14.5. The van der Waals surface area contributed by atoms with E-state index < -0.39 is 10.0 Å². The van der Waals surface area contributed by atoms with Crippen molar-refractivity contribution in [1.29, 1.82) is 5.26 Å². The number of halogens is 1. The van der Waals surface area contributed by atoms with Gasteiger partial charge in [0.05, 0.1) is 16.5 Å². The Kier molecular flexibility index (Phi) is 6.38. The third kappa shape index (κ3) is 4.43. The summed E-state index contributed by atoms with van der Waals surface area (Å²) >= 11 is 0. The van der Waals surface area contributed by atoms with Gasteiger partial charge in [0, 0.05) is 13.1 Å². The molecule has 22 heavy (non-hydrogen) atoms. The smallest absolute Gasteiger partial charge is 0.240 e. The fourth-order valence-corrected chi connectivity index (χ4v) is 4.06. The van der Waals surface area contributed by atoms with Crippen molar-refractivity contribution in [3.8, 4) is 6.07 Å². The summed E-state index contributed by atoms with van der Waals surface area (Å²) in [5.41, 5.74) is 1.01. The Bertz CT molecular complexity index is 662. The molecule has 1 aromatic rings. The third-order valence-electron chi connectivity index (χ3n) is 3.97. The van der Waals surface area contributed by atoms with Gasteiger partial charge in [-0.25, -0.2) is 13.1 Å². The van der Waals surface area contributed by atoms with Gasteiger partial charge in [0.15, 0.2) is 0 Å². The van der Waals surface area contributed by atoms with Crippen molar-refractivity contribution < 1.29 is 8.42 Å². The first-order valence-electron chi connectivity index (χ1n) is 7.07. The summed E-state index contributed by atoms with van der Waals surface area (Å²) < 4.78 is 27.6. The molecule has 2 rings (SSSR count). The zero-order valence-electron chi connectivity index (χ0n) is 12.8. The van der Waals surface area contributed by atoms with Crippen LogP contribution < -0.4 is 10.0 Å². The first-order valence-corrected chi connectivity index (χ1v) is 8.56. The summed E-state index contributed by atoms with van der Waals surface area (Å²) in [4.78, 5) is 0.244. The largest absolute Gasteiger partial charge is 0.316 e. The molecule has 0 aliphatic carbocycles. The van der Waals surface area contributed by atoms with Crippen LogP contribution in [0.5, 0.6) is 0 Å². The molecule has 0 saturated carbocycles. The van der Waals surface area contributed by atoms with Gasteiger partial charge in [-0.3, -0.25) is 0 Å². The third-order valence-corrected chi connectivity index (χ3v) is 5.53. The Balaban J connectivity index is 0.00000242. The highest BCUT2D eigenvalue weighted by atomic mass is 35.5. The number of hydrogen-bond donors (Lipinski definition) is 2. The molecule has 1 aliphatic rings. The molecule has 1 atom stereocenters. The van der Waals surface area contributed by atoms with Crippen LogP contribution in [0.4, 0.5) is 0 Å². The lowest BCUT2D eigenvalue weighted by atomic mass is 9.83. The van der Waals surface area contributed by atoms with Crippen LogP contribution in [0.25, 0.3) is 0 Å². The number of nitriles is 1. The summed E-state index contributed by atoms with van der Waals surface area (Å²) in [5, 5.41) is 12.1. The van der Waals surface area contributed by atoms with Gasteiger partial charge >= 0.3 is 0 Å². The van der Waals surface area contributed by atoms with Crippen LogP contribution in [0, 0.1) is 23.7 Å². The van der Waals surface area contributed by atoms with E-state index in [4.69, 9.17) is 5.26 Å². The quantitative estimate of drug-likeness (QED) is 0.875. The Hall–Kier alpha value is -1.13. The van der Waals surface area contributed by atoms with Crippen molar-refractivity contribution >= 4 is 22.4 Å². The van der Waals surface area contributed by atoms with E-state index in [2.05, 4.69) is 17.0 Å². The van der Waals surface area contributed by atoms with Gasteiger partial charge in [0.25, 0.3) is 0 Å². The second-order valence-corrected chi connectivity index (χ2v) is 7.74. The minimum absolute atomic E-state index is 0. The lowest BCUT2D eigenvalue weighted by Gasteiger charge is -2.34. The fraction of sp³-hybridized carbons (Fsp3) is 0.533. The van der Waals surface area contributed by atoms with Crippen molar-refractivity contribution in [1.82, 2.24) is 10.0 Å². The molecule has 1 aromatic carbocycles. The number of nitrogens with zero attached hydrogens (tertiary/aromatic N) is 1. The van der Waals surface area contributed by atoms with E-state index in [-0.39, 0.29) is 22.7 Å². The van der Waals surface area contributed by atoms with E-state index in [0.29, 0.717) is 17.7 Å². The van der Waals surface area contributed by atoms with Crippen molar-refractivity contribution in [2.24, 2.45) is 5.41 Å². The van der Waals surface area contributed by atoms with Crippen LogP contribution in [-0.2, 0) is 10.0 Å². The van der Waals surface area contributed by atoms with Gasteiger partial charge in [0.2, 0.25) is 10.0 Å². The maximum absolute atomic E-state index is 12.4. The lowest BCUT2D eigenvalue weighted by molar-refractivity contribution is 0.238. The minimum Gasteiger partial charge on any atom is -0.316 e. The average Bonchev–Trinajstić information content (AvgIpc) is 2.46. The lowest BCUT2D eigenvalue weighted by Crippen LogP contribution is -2.45. The van der Waals surface area contributed by atoms with Crippen LogP contribution in [0.2, 0.25) is 0 Å². The normalized spacial score (nSPS) is 21.7. The number of nitrogens with one attached hydrogen (secondary N) is 2. The van der Waals surface area contributed by atoms with Crippen molar-refractivity contribution in [3.63, 3.8) is 0 Å². The topological polar surface area (TPSA) is 82.0 Å². The average molecular weight is 344 g/mol. The maximum Gasteiger partial charge on any atom is 0.240 e. The SMILES string of the molecule is Cc1cc(C#N)ccc1S(=O)(=O)NCC1(C)CCCNC1.Cl. The van der Waals surface area contributed by atoms with Gasteiger partial charge < -0.3 is 5.32 Å². The first-order chi connectivity index (χ1) is 9.86. The molecule has 7 heteroatoms. The second kappa shape index (κ2) is 7.42. The van der Waals surface area contributed by atoms with E-state index in [1.807, 2.05) is 6.07 Å².